The summed E-state index contributed by atoms with van der Waals surface area (Å²) < 4.78 is 7.27. The van der Waals surface area contributed by atoms with Crippen LogP contribution in [0.3, 0.4) is 0 Å². The van der Waals surface area contributed by atoms with Gasteiger partial charge in [0.15, 0.2) is 11.7 Å². The fourth-order valence-corrected chi connectivity index (χ4v) is 4.41. The third-order valence-electron chi connectivity index (χ3n) is 5.55. The molecule has 0 atom stereocenters. The SMILES string of the molecule is Cc1ccc(-c2csc(NC(=O)COC(=O)c3cc(C)n(-c4ccccc4)c3C)n2)cc1C. The molecule has 0 radical (unpaired) electrons. The topological polar surface area (TPSA) is 73.2 Å². The van der Waals surface area contributed by atoms with Crippen LogP contribution < -0.4 is 5.32 Å². The van der Waals surface area contributed by atoms with Gasteiger partial charge in [-0.1, -0.05) is 30.3 Å². The number of para-hydroxylation sites is 1. The Bertz CT molecular complexity index is 1320. The zero-order valence-electron chi connectivity index (χ0n) is 19.0. The molecule has 0 bridgehead atoms. The van der Waals surface area contributed by atoms with E-state index < -0.39 is 11.9 Å². The molecule has 1 amide bonds. The van der Waals surface area contributed by atoms with Gasteiger partial charge in [0.1, 0.15) is 0 Å². The van der Waals surface area contributed by atoms with Crippen LogP contribution >= 0.6 is 11.3 Å². The second kappa shape index (κ2) is 9.42. The van der Waals surface area contributed by atoms with E-state index in [4.69, 9.17) is 4.74 Å². The van der Waals surface area contributed by atoms with Gasteiger partial charge in [0, 0.05) is 28.0 Å². The van der Waals surface area contributed by atoms with Gasteiger partial charge >= 0.3 is 5.97 Å². The predicted octanol–water partition coefficient (Wildman–Crippen LogP) is 5.63. The summed E-state index contributed by atoms with van der Waals surface area (Å²) in [7, 11) is 0. The van der Waals surface area contributed by atoms with Gasteiger partial charge in [0.05, 0.1) is 11.3 Å². The number of aryl methyl sites for hydroxylation is 3. The first kappa shape index (κ1) is 22.5. The Labute approximate surface area is 196 Å². The van der Waals surface area contributed by atoms with Crippen LogP contribution in [0, 0.1) is 27.7 Å². The lowest BCUT2D eigenvalue weighted by atomic mass is 10.1. The van der Waals surface area contributed by atoms with E-state index in [-0.39, 0.29) is 6.61 Å². The van der Waals surface area contributed by atoms with Gasteiger partial charge < -0.3 is 9.30 Å². The largest absolute Gasteiger partial charge is 0.452 e. The zero-order chi connectivity index (χ0) is 23.5. The highest BCUT2D eigenvalue weighted by Gasteiger charge is 2.19. The molecule has 168 valence electrons. The fourth-order valence-electron chi connectivity index (χ4n) is 3.67. The number of anilines is 1. The Morgan fingerprint density at radius 2 is 1.76 bits per heavy atom. The standard InChI is InChI=1S/C26H25N3O3S/c1-16-10-11-20(12-17(16)2)23-15-33-26(27-23)28-24(30)14-32-25(31)22-13-18(3)29(19(22)4)21-8-6-5-7-9-21/h5-13,15H,14H2,1-4H3,(H,27,28,30). The van der Waals surface area contributed by atoms with Gasteiger partial charge in [-0.05, 0) is 63.1 Å². The summed E-state index contributed by atoms with van der Waals surface area (Å²) in [5, 5.41) is 5.07. The van der Waals surface area contributed by atoms with Crippen molar-refractivity contribution in [2.75, 3.05) is 11.9 Å². The molecular formula is C26H25N3O3S. The molecule has 2 heterocycles. The van der Waals surface area contributed by atoms with E-state index in [9.17, 15) is 9.59 Å². The van der Waals surface area contributed by atoms with Crippen molar-refractivity contribution in [2.45, 2.75) is 27.7 Å². The van der Waals surface area contributed by atoms with Crippen molar-refractivity contribution in [3.05, 3.63) is 88.1 Å². The maximum Gasteiger partial charge on any atom is 0.340 e. The fraction of sp³-hybridized carbons (Fsp3) is 0.192. The summed E-state index contributed by atoms with van der Waals surface area (Å²) >= 11 is 1.33. The summed E-state index contributed by atoms with van der Waals surface area (Å²) in [6, 6.07) is 17.7. The first-order chi connectivity index (χ1) is 15.8. The van der Waals surface area contributed by atoms with Crippen LogP contribution in [0.4, 0.5) is 5.13 Å². The molecule has 33 heavy (non-hydrogen) atoms. The van der Waals surface area contributed by atoms with Gasteiger partial charge in [-0.15, -0.1) is 11.3 Å². The molecule has 6 nitrogen and oxygen atoms in total. The Morgan fingerprint density at radius 3 is 2.48 bits per heavy atom. The Hall–Kier alpha value is -3.71. The second-order valence-electron chi connectivity index (χ2n) is 7.92. The Kier molecular flexibility index (Phi) is 6.42. The molecular weight excluding hydrogens is 434 g/mol. The van der Waals surface area contributed by atoms with Crippen LogP contribution in [-0.4, -0.2) is 28.0 Å². The molecule has 4 aromatic rings. The second-order valence-corrected chi connectivity index (χ2v) is 8.78. The van der Waals surface area contributed by atoms with Crippen LogP contribution in [-0.2, 0) is 9.53 Å². The lowest BCUT2D eigenvalue weighted by Gasteiger charge is -2.09. The molecule has 0 aliphatic heterocycles. The van der Waals surface area contributed by atoms with Crippen molar-refractivity contribution in [3.63, 3.8) is 0 Å². The van der Waals surface area contributed by atoms with E-state index in [0.29, 0.717) is 10.7 Å². The van der Waals surface area contributed by atoms with Crippen molar-refractivity contribution in [3.8, 4) is 16.9 Å². The molecule has 0 saturated heterocycles. The highest BCUT2D eigenvalue weighted by Crippen LogP contribution is 2.26. The van der Waals surface area contributed by atoms with Gasteiger partial charge in [-0.25, -0.2) is 9.78 Å². The van der Waals surface area contributed by atoms with Crippen LogP contribution in [0.15, 0.2) is 60.0 Å². The number of carbonyl (C=O) groups excluding carboxylic acids is 2. The average Bonchev–Trinajstić information content (AvgIpc) is 3.38. The number of rotatable bonds is 6. The van der Waals surface area contributed by atoms with E-state index in [2.05, 4.69) is 36.3 Å². The lowest BCUT2D eigenvalue weighted by Crippen LogP contribution is -2.21. The van der Waals surface area contributed by atoms with Crippen molar-refractivity contribution >= 4 is 28.3 Å². The predicted molar refractivity (Wildman–Crippen MR) is 131 cm³/mol. The molecule has 2 aromatic heterocycles. The number of esters is 1. The van der Waals surface area contributed by atoms with E-state index in [1.807, 2.05) is 60.2 Å². The highest BCUT2D eigenvalue weighted by molar-refractivity contribution is 7.14. The van der Waals surface area contributed by atoms with Crippen molar-refractivity contribution in [1.29, 1.82) is 0 Å². The van der Waals surface area contributed by atoms with Crippen molar-refractivity contribution in [1.82, 2.24) is 9.55 Å². The molecule has 0 spiro atoms. The van der Waals surface area contributed by atoms with Crippen LogP contribution in [0.1, 0.15) is 32.9 Å². The normalized spacial score (nSPS) is 10.8. The summed E-state index contributed by atoms with van der Waals surface area (Å²) in [6.07, 6.45) is 0. The monoisotopic (exact) mass is 459 g/mol. The summed E-state index contributed by atoms with van der Waals surface area (Å²) in [6.45, 7) is 7.53. The number of amides is 1. The van der Waals surface area contributed by atoms with Crippen LogP contribution in [0.5, 0.6) is 0 Å². The number of thiazole rings is 1. The van der Waals surface area contributed by atoms with Gasteiger partial charge in [0.25, 0.3) is 5.91 Å². The number of carbonyl (C=O) groups is 2. The number of benzene rings is 2. The third kappa shape index (κ3) is 4.88. The number of ether oxygens (including phenoxy) is 1. The maximum atomic E-state index is 12.6. The molecule has 0 aliphatic carbocycles. The summed E-state index contributed by atoms with van der Waals surface area (Å²) in [5.74, 6) is -0.961. The quantitative estimate of drug-likeness (QED) is 0.379. The van der Waals surface area contributed by atoms with E-state index in [0.717, 1.165) is 28.3 Å². The molecule has 0 aliphatic rings. The smallest absolute Gasteiger partial charge is 0.340 e. The van der Waals surface area contributed by atoms with E-state index in [1.54, 1.807) is 6.07 Å². The number of nitrogens with one attached hydrogen (secondary N) is 1. The molecule has 0 saturated carbocycles. The van der Waals surface area contributed by atoms with E-state index in [1.165, 1.54) is 22.5 Å². The van der Waals surface area contributed by atoms with Gasteiger partial charge in [-0.2, -0.15) is 0 Å². The average molecular weight is 460 g/mol. The summed E-state index contributed by atoms with van der Waals surface area (Å²) in [4.78, 5) is 29.5. The third-order valence-corrected chi connectivity index (χ3v) is 6.31. The number of hydrogen-bond donors (Lipinski definition) is 1. The Balaban J connectivity index is 1.38. The van der Waals surface area contributed by atoms with Crippen LogP contribution in [0.2, 0.25) is 0 Å². The first-order valence-electron chi connectivity index (χ1n) is 10.6. The molecule has 7 heteroatoms. The lowest BCUT2D eigenvalue weighted by molar-refractivity contribution is -0.119. The molecule has 4 rings (SSSR count). The number of aromatic nitrogens is 2. The molecule has 2 aromatic carbocycles. The maximum absolute atomic E-state index is 12.6. The highest BCUT2D eigenvalue weighted by atomic mass is 32.1. The van der Waals surface area contributed by atoms with E-state index >= 15 is 0 Å². The molecule has 0 fully saturated rings. The Morgan fingerprint density at radius 1 is 1.00 bits per heavy atom. The number of nitrogens with zero attached hydrogens (tertiary/aromatic N) is 2. The molecule has 1 N–H and O–H groups in total. The van der Waals surface area contributed by atoms with Crippen molar-refractivity contribution in [2.24, 2.45) is 0 Å². The number of hydrogen-bond acceptors (Lipinski definition) is 5. The first-order valence-corrected chi connectivity index (χ1v) is 11.5. The minimum Gasteiger partial charge on any atom is -0.452 e. The van der Waals surface area contributed by atoms with Crippen LogP contribution in [0.25, 0.3) is 16.9 Å². The van der Waals surface area contributed by atoms with Gasteiger partial charge in [0.2, 0.25) is 0 Å². The minimum atomic E-state index is -0.532. The zero-order valence-corrected chi connectivity index (χ0v) is 19.8. The van der Waals surface area contributed by atoms with Gasteiger partial charge in [-0.3, -0.25) is 10.1 Å². The molecule has 0 unspecified atom stereocenters. The van der Waals surface area contributed by atoms with Crippen molar-refractivity contribution < 1.29 is 14.3 Å². The minimum absolute atomic E-state index is 0.383. The summed E-state index contributed by atoms with van der Waals surface area (Å²) in [5.41, 5.74) is 7.28.